The third-order valence-electron chi connectivity index (χ3n) is 4.70. The standard InChI is InChI=1S/C20H26N4O3S/c1-15(19-5-2-12-27-19)23-20(21-11-10-18-4-3-13-28-18)22-14-16-6-8-17(9-7-16)24(25)26/h3-4,6-9,13,15,19H,2,5,10-12,14H2,1H3,(H2,21,22,23). The van der Waals surface area contributed by atoms with Crippen LogP contribution in [0.3, 0.4) is 0 Å². The summed E-state index contributed by atoms with van der Waals surface area (Å²) in [7, 11) is 0. The van der Waals surface area contributed by atoms with Crippen LogP contribution >= 0.6 is 11.3 Å². The molecule has 0 radical (unpaired) electrons. The Hall–Kier alpha value is -2.45. The van der Waals surface area contributed by atoms with Crippen LogP contribution in [-0.4, -0.2) is 36.2 Å². The average molecular weight is 403 g/mol. The van der Waals surface area contributed by atoms with Gasteiger partial charge in [0.05, 0.1) is 23.6 Å². The number of nitro groups is 1. The molecule has 2 unspecified atom stereocenters. The molecule has 2 aromatic rings. The Morgan fingerprint density at radius 1 is 1.39 bits per heavy atom. The van der Waals surface area contributed by atoms with E-state index < -0.39 is 4.92 Å². The van der Waals surface area contributed by atoms with Gasteiger partial charge in [0.15, 0.2) is 5.96 Å². The van der Waals surface area contributed by atoms with Crippen molar-refractivity contribution >= 4 is 23.0 Å². The smallest absolute Gasteiger partial charge is 0.269 e. The summed E-state index contributed by atoms with van der Waals surface area (Å²) in [6.45, 7) is 4.16. The van der Waals surface area contributed by atoms with Gasteiger partial charge in [0, 0.05) is 30.2 Å². The molecule has 0 bridgehead atoms. The fourth-order valence-electron chi connectivity index (χ4n) is 3.11. The second kappa shape index (κ2) is 10.2. The van der Waals surface area contributed by atoms with E-state index in [9.17, 15) is 10.1 Å². The summed E-state index contributed by atoms with van der Waals surface area (Å²) >= 11 is 1.75. The van der Waals surface area contributed by atoms with Crippen LogP contribution in [0.15, 0.2) is 46.8 Å². The molecule has 0 aliphatic carbocycles. The maximum absolute atomic E-state index is 10.8. The Labute approximate surface area is 169 Å². The van der Waals surface area contributed by atoms with Crippen molar-refractivity contribution in [2.24, 2.45) is 4.99 Å². The molecular weight excluding hydrogens is 376 g/mol. The minimum atomic E-state index is -0.393. The fourth-order valence-corrected chi connectivity index (χ4v) is 3.82. The van der Waals surface area contributed by atoms with Gasteiger partial charge in [0.25, 0.3) is 5.69 Å². The monoisotopic (exact) mass is 402 g/mol. The SMILES string of the molecule is CC(NC(=NCc1ccc([N+](=O)[O-])cc1)NCCc1cccs1)C1CCCO1. The number of hydrogen-bond acceptors (Lipinski definition) is 5. The fraction of sp³-hybridized carbons (Fsp3) is 0.450. The number of rotatable bonds is 8. The molecule has 1 aromatic heterocycles. The Balaban J connectivity index is 1.60. The molecule has 2 heterocycles. The quantitative estimate of drug-likeness (QED) is 0.305. The van der Waals surface area contributed by atoms with Gasteiger partial charge < -0.3 is 15.4 Å². The van der Waals surface area contributed by atoms with E-state index in [4.69, 9.17) is 4.74 Å². The van der Waals surface area contributed by atoms with Crippen LogP contribution in [0.4, 0.5) is 5.69 Å². The molecule has 0 spiro atoms. The number of nitro benzene ring substituents is 1. The molecule has 28 heavy (non-hydrogen) atoms. The molecule has 1 aliphatic rings. The highest BCUT2D eigenvalue weighted by atomic mass is 32.1. The van der Waals surface area contributed by atoms with E-state index in [0.717, 1.165) is 43.9 Å². The zero-order valence-corrected chi connectivity index (χ0v) is 16.8. The number of ether oxygens (including phenoxy) is 1. The summed E-state index contributed by atoms with van der Waals surface area (Å²) in [5, 5.41) is 19.7. The third-order valence-corrected chi connectivity index (χ3v) is 5.63. The second-order valence-electron chi connectivity index (χ2n) is 6.83. The van der Waals surface area contributed by atoms with Gasteiger partial charge in [-0.05, 0) is 43.2 Å². The number of thiophene rings is 1. The Kier molecular flexibility index (Phi) is 7.39. The summed E-state index contributed by atoms with van der Waals surface area (Å²) in [5.74, 6) is 0.734. The molecule has 0 saturated carbocycles. The van der Waals surface area contributed by atoms with Crippen LogP contribution in [-0.2, 0) is 17.7 Å². The van der Waals surface area contributed by atoms with Gasteiger partial charge in [-0.2, -0.15) is 0 Å². The van der Waals surface area contributed by atoms with E-state index >= 15 is 0 Å². The average Bonchev–Trinajstić information content (AvgIpc) is 3.40. The van der Waals surface area contributed by atoms with Gasteiger partial charge in [-0.3, -0.25) is 10.1 Å². The topological polar surface area (TPSA) is 88.8 Å². The molecular formula is C20H26N4O3S. The van der Waals surface area contributed by atoms with E-state index in [0.29, 0.717) is 6.54 Å². The number of nitrogens with zero attached hydrogens (tertiary/aromatic N) is 2. The Morgan fingerprint density at radius 3 is 2.86 bits per heavy atom. The lowest BCUT2D eigenvalue weighted by Gasteiger charge is -2.23. The molecule has 0 amide bonds. The molecule has 2 N–H and O–H groups in total. The lowest BCUT2D eigenvalue weighted by molar-refractivity contribution is -0.384. The zero-order chi connectivity index (χ0) is 19.8. The van der Waals surface area contributed by atoms with E-state index in [2.05, 4.69) is 40.1 Å². The minimum Gasteiger partial charge on any atom is -0.376 e. The Bertz CT molecular complexity index is 771. The highest BCUT2D eigenvalue weighted by Gasteiger charge is 2.23. The maximum Gasteiger partial charge on any atom is 0.269 e. The molecule has 2 atom stereocenters. The lowest BCUT2D eigenvalue weighted by atomic mass is 10.1. The second-order valence-corrected chi connectivity index (χ2v) is 7.86. The molecule has 3 rings (SSSR count). The Morgan fingerprint density at radius 2 is 2.21 bits per heavy atom. The molecule has 150 valence electrons. The predicted molar refractivity (Wildman–Crippen MR) is 112 cm³/mol. The number of benzene rings is 1. The molecule has 1 saturated heterocycles. The molecule has 7 nitrogen and oxygen atoms in total. The first-order valence-corrected chi connectivity index (χ1v) is 10.4. The highest BCUT2D eigenvalue weighted by Crippen LogP contribution is 2.16. The van der Waals surface area contributed by atoms with Gasteiger partial charge in [0.1, 0.15) is 0 Å². The van der Waals surface area contributed by atoms with Crippen molar-refractivity contribution in [3.8, 4) is 0 Å². The van der Waals surface area contributed by atoms with Crippen LogP contribution in [0, 0.1) is 10.1 Å². The van der Waals surface area contributed by atoms with Crippen LogP contribution < -0.4 is 10.6 Å². The van der Waals surface area contributed by atoms with Gasteiger partial charge in [-0.25, -0.2) is 4.99 Å². The summed E-state index contributed by atoms with van der Waals surface area (Å²) in [6.07, 6.45) is 3.28. The van der Waals surface area contributed by atoms with E-state index in [1.54, 1.807) is 23.5 Å². The third kappa shape index (κ3) is 6.03. The minimum absolute atomic E-state index is 0.0900. The lowest BCUT2D eigenvalue weighted by Crippen LogP contribution is -2.47. The normalized spacial score (nSPS) is 18.0. The van der Waals surface area contributed by atoms with Crippen molar-refractivity contribution < 1.29 is 9.66 Å². The van der Waals surface area contributed by atoms with Crippen LogP contribution in [0.5, 0.6) is 0 Å². The van der Waals surface area contributed by atoms with Crippen LogP contribution in [0.1, 0.15) is 30.2 Å². The first-order valence-electron chi connectivity index (χ1n) is 9.54. The largest absolute Gasteiger partial charge is 0.376 e. The molecule has 1 fully saturated rings. The van der Waals surface area contributed by atoms with Crippen molar-refractivity contribution in [3.63, 3.8) is 0 Å². The highest BCUT2D eigenvalue weighted by molar-refractivity contribution is 7.09. The summed E-state index contributed by atoms with van der Waals surface area (Å²) in [6, 6.07) is 10.9. The van der Waals surface area contributed by atoms with Gasteiger partial charge >= 0.3 is 0 Å². The zero-order valence-electron chi connectivity index (χ0n) is 16.0. The summed E-state index contributed by atoms with van der Waals surface area (Å²) in [5.41, 5.74) is 1.02. The van der Waals surface area contributed by atoms with Crippen molar-refractivity contribution in [2.45, 2.75) is 44.9 Å². The first kappa shape index (κ1) is 20.3. The van der Waals surface area contributed by atoms with E-state index in [1.807, 2.05) is 0 Å². The van der Waals surface area contributed by atoms with Crippen LogP contribution in [0.2, 0.25) is 0 Å². The van der Waals surface area contributed by atoms with Crippen molar-refractivity contribution in [3.05, 3.63) is 62.3 Å². The number of guanidine groups is 1. The van der Waals surface area contributed by atoms with Crippen molar-refractivity contribution in [1.29, 1.82) is 0 Å². The van der Waals surface area contributed by atoms with Gasteiger partial charge in [0.2, 0.25) is 0 Å². The predicted octanol–water partition coefficient (Wildman–Crippen LogP) is 3.50. The van der Waals surface area contributed by atoms with Gasteiger partial charge in [-0.1, -0.05) is 18.2 Å². The van der Waals surface area contributed by atoms with Crippen LogP contribution in [0.25, 0.3) is 0 Å². The number of hydrogen-bond donors (Lipinski definition) is 2. The van der Waals surface area contributed by atoms with Crippen molar-refractivity contribution in [2.75, 3.05) is 13.2 Å². The number of non-ortho nitro benzene ring substituents is 1. The van der Waals surface area contributed by atoms with Gasteiger partial charge in [-0.15, -0.1) is 11.3 Å². The number of aliphatic imine (C=N–C) groups is 1. The summed E-state index contributed by atoms with van der Waals surface area (Å²) < 4.78 is 5.77. The molecule has 1 aliphatic heterocycles. The van der Waals surface area contributed by atoms with Crippen molar-refractivity contribution in [1.82, 2.24) is 10.6 Å². The first-order chi connectivity index (χ1) is 13.6. The van der Waals surface area contributed by atoms with E-state index in [1.165, 1.54) is 17.0 Å². The number of nitrogens with one attached hydrogen (secondary N) is 2. The maximum atomic E-state index is 10.8. The van der Waals surface area contributed by atoms with E-state index in [-0.39, 0.29) is 17.8 Å². The molecule has 1 aromatic carbocycles. The summed E-state index contributed by atoms with van der Waals surface area (Å²) in [4.78, 5) is 16.4. The molecule has 8 heteroatoms.